The molecule has 0 bridgehead atoms. The molecule has 2 atom stereocenters. The van der Waals surface area contributed by atoms with Crippen molar-refractivity contribution in [3.05, 3.63) is 29.8 Å². The van der Waals surface area contributed by atoms with Crippen LogP contribution in [0.3, 0.4) is 0 Å². The van der Waals surface area contributed by atoms with Gasteiger partial charge in [-0.05, 0) is 61.8 Å². The highest BCUT2D eigenvalue weighted by Gasteiger charge is 2.26. The number of nitrogens with one attached hydrogen (secondary N) is 1. The van der Waals surface area contributed by atoms with E-state index in [4.69, 9.17) is 10.5 Å². The third-order valence-electron chi connectivity index (χ3n) is 5.45. The largest absolute Gasteiger partial charge is 0.381 e. The zero-order valence-corrected chi connectivity index (χ0v) is 17.7. The van der Waals surface area contributed by atoms with Crippen LogP contribution in [0.15, 0.2) is 24.3 Å². The van der Waals surface area contributed by atoms with Gasteiger partial charge in [0.1, 0.15) is 0 Å². The Morgan fingerprint density at radius 3 is 2.52 bits per heavy atom. The summed E-state index contributed by atoms with van der Waals surface area (Å²) in [7, 11) is 0. The molecule has 1 amide bonds. The number of rotatable bonds is 5. The first kappa shape index (κ1) is 24.2. The first-order chi connectivity index (χ1) is 12.1. The summed E-state index contributed by atoms with van der Waals surface area (Å²) >= 11 is 0. The summed E-state index contributed by atoms with van der Waals surface area (Å²) in [6, 6.07) is 7.72. The minimum absolute atomic E-state index is 0. The first-order valence-electron chi connectivity index (χ1n) is 9.57. The van der Waals surface area contributed by atoms with E-state index >= 15 is 0 Å². The van der Waals surface area contributed by atoms with Crippen molar-refractivity contribution < 1.29 is 9.53 Å². The summed E-state index contributed by atoms with van der Waals surface area (Å²) in [6.45, 7) is 7.08. The van der Waals surface area contributed by atoms with Gasteiger partial charge in [-0.2, -0.15) is 0 Å². The van der Waals surface area contributed by atoms with E-state index in [0.29, 0.717) is 13.2 Å². The molecule has 0 aliphatic carbocycles. The van der Waals surface area contributed by atoms with Crippen LogP contribution < -0.4 is 11.1 Å². The van der Waals surface area contributed by atoms with E-state index < -0.39 is 6.04 Å². The molecule has 27 heavy (non-hydrogen) atoms. The minimum Gasteiger partial charge on any atom is -0.381 e. The van der Waals surface area contributed by atoms with Crippen LogP contribution in [0.4, 0.5) is 5.69 Å². The number of piperidine rings is 1. The van der Waals surface area contributed by atoms with Gasteiger partial charge in [-0.25, -0.2) is 0 Å². The third-order valence-corrected chi connectivity index (χ3v) is 5.45. The summed E-state index contributed by atoms with van der Waals surface area (Å²) in [6.07, 6.45) is 4.36. The maximum atomic E-state index is 12.4. The Labute approximate surface area is 175 Å². The van der Waals surface area contributed by atoms with E-state index in [9.17, 15) is 4.79 Å². The van der Waals surface area contributed by atoms with Crippen LogP contribution in [0.25, 0.3) is 0 Å². The Morgan fingerprint density at radius 2 is 1.89 bits per heavy atom. The Balaban J connectivity index is 0.00000182. The van der Waals surface area contributed by atoms with Gasteiger partial charge in [-0.3, -0.25) is 9.69 Å². The van der Waals surface area contributed by atoms with Crippen molar-refractivity contribution in [3.8, 4) is 0 Å². The number of amides is 1. The molecule has 2 fully saturated rings. The lowest BCUT2D eigenvalue weighted by molar-refractivity contribution is -0.119. The van der Waals surface area contributed by atoms with Gasteiger partial charge in [0.15, 0.2) is 0 Å². The normalized spacial score (nSPS) is 22.2. The smallest absolute Gasteiger partial charge is 0.241 e. The van der Waals surface area contributed by atoms with Crippen LogP contribution in [-0.2, 0) is 16.1 Å². The number of carbonyl (C=O) groups excluding carboxylic acids is 1. The second-order valence-electron chi connectivity index (χ2n) is 7.64. The average molecular weight is 418 g/mol. The second-order valence-corrected chi connectivity index (χ2v) is 7.64. The van der Waals surface area contributed by atoms with Crippen LogP contribution in [0, 0.1) is 11.8 Å². The maximum Gasteiger partial charge on any atom is 0.241 e. The average Bonchev–Trinajstić information content (AvgIpc) is 2.63. The van der Waals surface area contributed by atoms with Crippen molar-refractivity contribution in [2.75, 3.05) is 31.6 Å². The summed E-state index contributed by atoms with van der Waals surface area (Å²) in [5.41, 5.74) is 8.25. The lowest BCUT2D eigenvalue weighted by Crippen LogP contribution is -2.44. The van der Waals surface area contributed by atoms with Gasteiger partial charge in [0.2, 0.25) is 5.91 Å². The molecule has 0 aromatic heterocycles. The molecule has 154 valence electrons. The van der Waals surface area contributed by atoms with Gasteiger partial charge < -0.3 is 15.8 Å². The van der Waals surface area contributed by atoms with Crippen LogP contribution in [0.5, 0.6) is 0 Å². The molecule has 5 nitrogen and oxygen atoms in total. The number of benzene rings is 1. The van der Waals surface area contributed by atoms with Gasteiger partial charge in [0, 0.05) is 32.0 Å². The zero-order chi connectivity index (χ0) is 17.6. The van der Waals surface area contributed by atoms with Gasteiger partial charge in [-0.1, -0.05) is 19.1 Å². The molecule has 2 aliphatic heterocycles. The number of hydrogen-bond acceptors (Lipinski definition) is 4. The standard InChI is InChI=1S/C20H31N3O2.2ClH/c1-15-3-2-10-23(13-15)14-16-4-6-18(7-5-16)22-20(24)19(21)17-8-11-25-12-9-17;;/h4-7,15,17,19H,2-3,8-14,21H2,1H3,(H,22,24);2*1H. The Morgan fingerprint density at radius 1 is 1.22 bits per heavy atom. The number of nitrogens with zero attached hydrogens (tertiary/aromatic N) is 1. The van der Waals surface area contributed by atoms with Crippen molar-refractivity contribution in [3.63, 3.8) is 0 Å². The van der Waals surface area contributed by atoms with Crippen molar-refractivity contribution >= 4 is 36.4 Å². The number of carbonyl (C=O) groups is 1. The summed E-state index contributed by atoms with van der Waals surface area (Å²) < 4.78 is 5.34. The Bertz CT molecular complexity index is 565. The molecule has 7 heteroatoms. The molecular formula is C20H33Cl2N3O2. The van der Waals surface area contributed by atoms with Crippen molar-refractivity contribution in [1.29, 1.82) is 0 Å². The predicted octanol–water partition coefficient (Wildman–Crippen LogP) is 3.45. The van der Waals surface area contributed by atoms with Gasteiger partial charge in [-0.15, -0.1) is 24.8 Å². The fourth-order valence-corrected chi connectivity index (χ4v) is 3.90. The molecule has 0 spiro atoms. The lowest BCUT2D eigenvalue weighted by Gasteiger charge is -2.30. The number of halogens is 2. The summed E-state index contributed by atoms with van der Waals surface area (Å²) in [5.74, 6) is 0.914. The fraction of sp³-hybridized carbons (Fsp3) is 0.650. The molecule has 3 N–H and O–H groups in total. The van der Waals surface area contributed by atoms with E-state index in [-0.39, 0.29) is 36.6 Å². The van der Waals surface area contributed by atoms with E-state index in [1.165, 1.54) is 31.5 Å². The molecule has 1 aromatic carbocycles. The van der Waals surface area contributed by atoms with Crippen molar-refractivity contribution in [2.24, 2.45) is 17.6 Å². The molecule has 2 saturated heterocycles. The lowest BCUT2D eigenvalue weighted by atomic mass is 9.92. The van der Waals surface area contributed by atoms with E-state index in [0.717, 1.165) is 31.0 Å². The maximum absolute atomic E-state index is 12.4. The molecule has 2 unspecified atom stereocenters. The van der Waals surface area contributed by atoms with E-state index in [1.54, 1.807) is 0 Å². The fourth-order valence-electron chi connectivity index (χ4n) is 3.90. The summed E-state index contributed by atoms with van der Waals surface area (Å²) in [5, 5.41) is 2.96. The minimum atomic E-state index is -0.460. The van der Waals surface area contributed by atoms with Crippen molar-refractivity contribution in [1.82, 2.24) is 4.90 Å². The highest BCUT2D eigenvalue weighted by Crippen LogP contribution is 2.20. The number of likely N-dealkylation sites (tertiary alicyclic amines) is 1. The Hall–Kier alpha value is -0.850. The molecule has 0 saturated carbocycles. The molecule has 2 aliphatic rings. The number of anilines is 1. The first-order valence-corrected chi connectivity index (χ1v) is 9.57. The van der Waals surface area contributed by atoms with Gasteiger partial charge in [0.25, 0.3) is 0 Å². The van der Waals surface area contributed by atoms with Gasteiger partial charge >= 0.3 is 0 Å². The number of nitrogens with two attached hydrogens (primary N) is 1. The monoisotopic (exact) mass is 417 g/mol. The third kappa shape index (κ3) is 7.24. The molecule has 2 heterocycles. The summed E-state index contributed by atoms with van der Waals surface area (Å²) in [4.78, 5) is 14.9. The molecule has 3 rings (SSSR count). The van der Waals surface area contributed by atoms with Crippen LogP contribution in [0.2, 0.25) is 0 Å². The predicted molar refractivity (Wildman–Crippen MR) is 115 cm³/mol. The second kappa shape index (κ2) is 11.9. The topological polar surface area (TPSA) is 67.6 Å². The van der Waals surface area contributed by atoms with Crippen LogP contribution in [0.1, 0.15) is 38.2 Å². The van der Waals surface area contributed by atoms with Gasteiger partial charge in [0.05, 0.1) is 6.04 Å². The van der Waals surface area contributed by atoms with E-state index in [2.05, 4.69) is 29.3 Å². The molecule has 1 aromatic rings. The van der Waals surface area contributed by atoms with Crippen LogP contribution >= 0.6 is 24.8 Å². The molecule has 0 radical (unpaired) electrons. The quantitative estimate of drug-likeness (QED) is 0.769. The highest BCUT2D eigenvalue weighted by molar-refractivity contribution is 5.94. The molecular weight excluding hydrogens is 385 g/mol. The zero-order valence-electron chi connectivity index (χ0n) is 16.1. The Kier molecular flexibility index (Phi) is 10.6. The number of ether oxygens (including phenoxy) is 1. The SMILES string of the molecule is CC1CCCN(Cc2ccc(NC(=O)C(N)C3CCOCC3)cc2)C1.Cl.Cl. The number of hydrogen-bond donors (Lipinski definition) is 2. The van der Waals surface area contributed by atoms with E-state index in [1.807, 2.05) is 12.1 Å². The highest BCUT2D eigenvalue weighted by atomic mass is 35.5. The van der Waals surface area contributed by atoms with Crippen molar-refractivity contribution in [2.45, 2.75) is 45.2 Å². The van der Waals surface area contributed by atoms with Crippen LogP contribution in [-0.4, -0.2) is 43.2 Å².